The van der Waals surface area contributed by atoms with Crippen LogP contribution in [0.25, 0.3) is 6.08 Å². The van der Waals surface area contributed by atoms with Gasteiger partial charge in [0.1, 0.15) is 0 Å². The fraction of sp³-hybridized carbons (Fsp3) is 0.286. The van der Waals surface area contributed by atoms with E-state index in [2.05, 4.69) is 4.99 Å². The van der Waals surface area contributed by atoms with Crippen LogP contribution < -0.4 is 29.3 Å². The summed E-state index contributed by atoms with van der Waals surface area (Å²) >= 11 is 1.25. The van der Waals surface area contributed by atoms with E-state index in [1.54, 1.807) is 32.0 Å². The summed E-state index contributed by atoms with van der Waals surface area (Å²) in [5.41, 5.74) is 2.92. The molecule has 0 fully saturated rings. The van der Waals surface area contributed by atoms with Crippen LogP contribution >= 0.6 is 11.3 Å². The van der Waals surface area contributed by atoms with Crippen LogP contribution in [0, 0.1) is 0 Å². The van der Waals surface area contributed by atoms with E-state index in [1.807, 2.05) is 49.3 Å². The molecule has 10 heteroatoms. The third-order valence-corrected chi connectivity index (χ3v) is 6.96. The Kier molecular flexibility index (Phi) is 7.82. The maximum atomic E-state index is 13.8. The number of thiazole rings is 1. The number of allylic oxidation sites excluding steroid dienone is 1. The molecule has 4 rings (SSSR count). The molecule has 0 amide bonds. The zero-order valence-corrected chi connectivity index (χ0v) is 22.9. The highest BCUT2D eigenvalue weighted by atomic mass is 32.1. The van der Waals surface area contributed by atoms with Gasteiger partial charge < -0.3 is 19.1 Å². The van der Waals surface area contributed by atoms with Gasteiger partial charge in [-0.15, -0.1) is 0 Å². The zero-order chi connectivity index (χ0) is 27.6. The normalized spacial score (nSPS) is 15.0. The molecule has 198 valence electrons. The number of methoxy groups -OCH3 is 1. The summed E-state index contributed by atoms with van der Waals surface area (Å²) in [7, 11) is 5.38. The number of rotatable bonds is 7. The number of nitrogens with zero attached hydrogens (tertiary/aromatic N) is 3. The summed E-state index contributed by atoms with van der Waals surface area (Å²) in [6, 6.07) is 12.0. The van der Waals surface area contributed by atoms with Gasteiger partial charge in [-0.05, 0) is 55.3 Å². The first-order chi connectivity index (χ1) is 18.1. The van der Waals surface area contributed by atoms with Gasteiger partial charge in [-0.1, -0.05) is 29.5 Å². The van der Waals surface area contributed by atoms with E-state index < -0.39 is 18.0 Å². The second kappa shape index (κ2) is 11.1. The van der Waals surface area contributed by atoms with Gasteiger partial charge in [0.25, 0.3) is 5.56 Å². The van der Waals surface area contributed by atoms with Crippen molar-refractivity contribution < 1.29 is 23.8 Å². The Morgan fingerprint density at radius 3 is 2.45 bits per heavy atom. The number of hydrogen-bond donors (Lipinski definition) is 0. The van der Waals surface area contributed by atoms with E-state index in [1.165, 1.54) is 29.9 Å². The van der Waals surface area contributed by atoms with Crippen molar-refractivity contribution in [3.05, 3.63) is 84.5 Å². The maximum Gasteiger partial charge on any atom is 0.338 e. The Bertz CT molecular complexity index is 1600. The summed E-state index contributed by atoms with van der Waals surface area (Å²) in [6.07, 6.45) is 1.81. The molecule has 2 aromatic carbocycles. The van der Waals surface area contributed by atoms with Crippen LogP contribution in [0.5, 0.6) is 11.5 Å². The summed E-state index contributed by atoms with van der Waals surface area (Å²) in [6.45, 7) is 4.91. The molecule has 38 heavy (non-hydrogen) atoms. The minimum absolute atomic E-state index is 0.171. The monoisotopic (exact) mass is 535 g/mol. The highest BCUT2D eigenvalue weighted by Gasteiger charge is 2.34. The molecule has 2 heterocycles. The largest absolute Gasteiger partial charge is 0.493 e. The molecule has 0 saturated carbocycles. The second-order valence-electron chi connectivity index (χ2n) is 8.79. The molecule has 0 unspecified atom stereocenters. The van der Waals surface area contributed by atoms with Crippen LogP contribution in [-0.2, 0) is 14.3 Å². The SMILES string of the molecule is CCOC(=O)C1=C(C)N=c2s/c(=C/c3ccc(N(C)C)cc3)c(=O)n2[C@H]1c1ccc(OC(C)=O)c(OC)c1. The van der Waals surface area contributed by atoms with Crippen LogP contribution in [0.3, 0.4) is 0 Å². The Labute approximate surface area is 223 Å². The third-order valence-electron chi connectivity index (χ3n) is 5.98. The second-order valence-corrected chi connectivity index (χ2v) is 9.80. The van der Waals surface area contributed by atoms with Gasteiger partial charge in [0, 0.05) is 26.7 Å². The molecule has 0 aliphatic carbocycles. The van der Waals surface area contributed by atoms with Gasteiger partial charge in [-0.2, -0.15) is 0 Å². The highest BCUT2D eigenvalue weighted by Crippen LogP contribution is 2.36. The number of aromatic nitrogens is 1. The van der Waals surface area contributed by atoms with Gasteiger partial charge in [-0.3, -0.25) is 14.2 Å². The Morgan fingerprint density at radius 1 is 1.13 bits per heavy atom. The van der Waals surface area contributed by atoms with Crippen molar-refractivity contribution in [1.29, 1.82) is 0 Å². The summed E-state index contributed by atoms with van der Waals surface area (Å²) in [5, 5.41) is 0. The van der Waals surface area contributed by atoms with Gasteiger partial charge in [0.05, 0.1) is 35.6 Å². The van der Waals surface area contributed by atoms with Crippen LogP contribution in [0.15, 0.2) is 63.5 Å². The van der Waals surface area contributed by atoms with E-state index in [0.717, 1.165) is 11.3 Å². The van der Waals surface area contributed by atoms with E-state index in [0.29, 0.717) is 26.3 Å². The van der Waals surface area contributed by atoms with Crippen molar-refractivity contribution in [2.24, 2.45) is 4.99 Å². The molecule has 3 aromatic rings. The minimum Gasteiger partial charge on any atom is -0.493 e. The molecule has 0 saturated heterocycles. The van der Waals surface area contributed by atoms with Gasteiger partial charge in [0.2, 0.25) is 0 Å². The lowest BCUT2D eigenvalue weighted by molar-refractivity contribution is -0.139. The molecule has 0 radical (unpaired) electrons. The Balaban J connectivity index is 1.91. The third kappa shape index (κ3) is 5.26. The number of esters is 2. The van der Waals surface area contributed by atoms with E-state index in [-0.39, 0.29) is 23.5 Å². The summed E-state index contributed by atoms with van der Waals surface area (Å²) in [5.74, 6) is -0.532. The molecular weight excluding hydrogens is 506 g/mol. The molecule has 0 bridgehead atoms. The lowest BCUT2D eigenvalue weighted by Gasteiger charge is -2.25. The standard InChI is InChI=1S/C28H29N3O6S/c1-7-36-27(34)24-16(2)29-28-31(25(24)19-10-13-21(37-17(3)32)22(15-19)35-6)26(33)23(38-28)14-18-8-11-20(12-9-18)30(4)5/h8-15,25H,7H2,1-6H3/b23-14+/t25-/m0/s1. The number of ether oxygens (including phenoxy) is 3. The quantitative estimate of drug-likeness (QED) is 0.339. The fourth-order valence-electron chi connectivity index (χ4n) is 4.22. The topological polar surface area (TPSA) is 99.4 Å². The average molecular weight is 536 g/mol. The molecule has 0 N–H and O–H groups in total. The van der Waals surface area contributed by atoms with Crippen molar-refractivity contribution in [2.45, 2.75) is 26.8 Å². The number of anilines is 1. The molecule has 1 aromatic heterocycles. The molecular formula is C28H29N3O6S. The molecule has 9 nitrogen and oxygen atoms in total. The lowest BCUT2D eigenvalue weighted by atomic mass is 9.95. The molecule has 0 spiro atoms. The predicted molar refractivity (Wildman–Crippen MR) is 145 cm³/mol. The van der Waals surface area contributed by atoms with Crippen LogP contribution in [0.2, 0.25) is 0 Å². The number of fused-ring (bicyclic) bond motifs is 1. The van der Waals surface area contributed by atoms with E-state index in [9.17, 15) is 14.4 Å². The summed E-state index contributed by atoms with van der Waals surface area (Å²) < 4.78 is 18.0. The zero-order valence-electron chi connectivity index (χ0n) is 22.1. The Morgan fingerprint density at radius 2 is 1.84 bits per heavy atom. The number of hydrogen-bond acceptors (Lipinski definition) is 9. The fourth-order valence-corrected chi connectivity index (χ4v) is 5.27. The van der Waals surface area contributed by atoms with E-state index in [4.69, 9.17) is 14.2 Å². The van der Waals surface area contributed by atoms with Crippen LogP contribution in [0.4, 0.5) is 5.69 Å². The minimum atomic E-state index is -0.816. The Hall–Kier alpha value is -4.18. The van der Waals surface area contributed by atoms with Crippen molar-refractivity contribution in [2.75, 3.05) is 32.7 Å². The van der Waals surface area contributed by atoms with E-state index >= 15 is 0 Å². The van der Waals surface area contributed by atoms with Crippen molar-refractivity contribution >= 4 is 35.0 Å². The predicted octanol–water partition coefficient (Wildman–Crippen LogP) is 2.80. The van der Waals surface area contributed by atoms with Crippen molar-refractivity contribution in [3.63, 3.8) is 0 Å². The van der Waals surface area contributed by atoms with Crippen LogP contribution in [-0.4, -0.2) is 44.3 Å². The van der Waals surface area contributed by atoms with Crippen molar-refractivity contribution in [3.8, 4) is 11.5 Å². The maximum absolute atomic E-state index is 13.8. The highest BCUT2D eigenvalue weighted by molar-refractivity contribution is 7.07. The van der Waals surface area contributed by atoms with Gasteiger partial charge >= 0.3 is 11.9 Å². The summed E-state index contributed by atoms with van der Waals surface area (Å²) in [4.78, 5) is 45.5. The lowest BCUT2D eigenvalue weighted by Crippen LogP contribution is -2.40. The first-order valence-electron chi connectivity index (χ1n) is 12.0. The first-order valence-corrected chi connectivity index (χ1v) is 12.8. The van der Waals surface area contributed by atoms with Gasteiger partial charge in [-0.25, -0.2) is 9.79 Å². The number of carbonyl (C=O) groups excluding carboxylic acids is 2. The number of carbonyl (C=O) groups is 2. The molecule has 1 aliphatic rings. The van der Waals surface area contributed by atoms with Gasteiger partial charge in [0.15, 0.2) is 16.3 Å². The smallest absolute Gasteiger partial charge is 0.338 e. The average Bonchev–Trinajstić information content (AvgIpc) is 3.17. The van der Waals surface area contributed by atoms with Crippen LogP contribution in [0.1, 0.15) is 37.9 Å². The number of benzene rings is 2. The first kappa shape index (κ1) is 26.9. The molecule has 1 aliphatic heterocycles. The molecule has 1 atom stereocenters. The van der Waals surface area contributed by atoms with Crippen molar-refractivity contribution in [1.82, 2.24) is 4.57 Å².